The average molecular weight is 143 g/mol. The summed E-state index contributed by atoms with van der Waals surface area (Å²) in [7, 11) is 4.09. The highest BCUT2D eigenvalue weighted by atomic mass is 16.4. The second-order valence-electron chi connectivity index (χ2n) is 3.65. The van der Waals surface area contributed by atoms with Gasteiger partial charge >= 0.3 is 0 Å². The molecule has 0 spiro atoms. The lowest BCUT2D eigenvalue weighted by atomic mass is 10.1. The molecule has 1 fully saturated rings. The maximum atomic E-state index is 10.4. The number of nitrogens with zero attached hydrogens (tertiary/aromatic N) is 1. The van der Waals surface area contributed by atoms with Crippen molar-refractivity contribution in [2.75, 3.05) is 27.2 Å². The Morgan fingerprint density at radius 2 is 2.20 bits per heavy atom. The molecule has 3 heteroatoms. The van der Waals surface area contributed by atoms with Crippen LogP contribution in [0, 0.1) is 5.92 Å². The highest BCUT2D eigenvalue weighted by Crippen LogP contribution is 2.18. The van der Waals surface area contributed by atoms with Gasteiger partial charge in [0, 0.05) is 6.42 Å². The van der Waals surface area contributed by atoms with Gasteiger partial charge in [-0.05, 0) is 0 Å². The Kier molecular flexibility index (Phi) is 1.68. The van der Waals surface area contributed by atoms with Crippen LogP contribution in [-0.4, -0.2) is 37.6 Å². The van der Waals surface area contributed by atoms with Gasteiger partial charge < -0.3 is 14.4 Å². The summed E-state index contributed by atoms with van der Waals surface area (Å²) in [6.45, 7) is 1.68. The van der Waals surface area contributed by atoms with E-state index in [1.165, 1.54) is 0 Å². The predicted octanol–water partition coefficient (Wildman–Crippen LogP) is -1.17. The van der Waals surface area contributed by atoms with E-state index >= 15 is 0 Å². The van der Waals surface area contributed by atoms with Gasteiger partial charge in [-0.2, -0.15) is 0 Å². The SMILES string of the molecule is C[N+]1(C)CCC(C(=O)[O-])C1. The van der Waals surface area contributed by atoms with E-state index in [0.29, 0.717) is 0 Å². The second-order valence-corrected chi connectivity index (χ2v) is 3.65. The first kappa shape index (κ1) is 7.54. The van der Waals surface area contributed by atoms with Crippen molar-refractivity contribution in [3.05, 3.63) is 0 Å². The van der Waals surface area contributed by atoms with Crippen molar-refractivity contribution in [3.63, 3.8) is 0 Å². The molecule has 0 aromatic carbocycles. The van der Waals surface area contributed by atoms with Crippen LogP contribution in [0.25, 0.3) is 0 Å². The van der Waals surface area contributed by atoms with E-state index in [0.717, 1.165) is 24.0 Å². The van der Waals surface area contributed by atoms with Gasteiger partial charge in [0.1, 0.15) is 0 Å². The fraction of sp³-hybridized carbons (Fsp3) is 0.857. The molecule has 3 nitrogen and oxygen atoms in total. The van der Waals surface area contributed by atoms with Gasteiger partial charge in [0.15, 0.2) is 0 Å². The maximum absolute atomic E-state index is 10.4. The summed E-state index contributed by atoms with van der Waals surface area (Å²) in [5.74, 6) is -1.10. The molecule has 1 atom stereocenters. The van der Waals surface area contributed by atoms with Gasteiger partial charge in [0.05, 0.1) is 39.1 Å². The van der Waals surface area contributed by atoms with Gasteiger partial charge in [0.25, 0.3) is 0 Å². The number of aliphatic carboxylic acids is 1. The molecule has 0 saturated carbocycles. The summed E-state index contributed by atoms with van der Waals surface area (Å²) < 4.78 is 0.818. The second kappa shape index (κ2) is 2.23. The highest BCUT2D eigenvalue weighted by molar-refractivity contribution is 5.67. The molecule has 1 unspecified atom stereocenters. The monoisotopic (exact) mass is 143 g/mol. The quantitative estimate of drug-likeness (QED) is 0.434. The summed E-state index contributed by atoms with van der Waals surface area (Å²) in [5.41, 5.74) is 0. The van der Waals surface area contributed by atoms with Gasteiger partial charge in [-0.1, -0.05) is 0 Å². The number of quaternary nitrogens is 1. The van der Waals surface area contributed by atoms with Crippen molar-refractivity contribution in [1.29, 1.82) is 0 Å². The van der Waals surface area contributed by atoms with Crippen LogP contribution in [0.1, 0.15) is 6.42 Å². The third-order valence-electron chi connectivity index (χ3n) is 2.13. The van der Waals surface area contributed by atoms with Crippen molar-refractivity contribution in [2.24, 2.45) is 5.92 Å². The topological polar surface area (TPSA) is 40.1 Å². The third-order valence-corrected chi connectivity index (χ3v) is 2.13. The fourth-order valence-electron chi connectivity index (χ4n) is 1.48. The van der Waals surface area contributed by atoms with Crippen LogP contribution in [0.5, 0.6) is 0 Å². The van der Waals surface area contributed by atoms with E-state index in [1.807, 2.05) is 14.1 Å². The third kappa shape index (κ3) is 1.48. The van der Waals surface area contributed by atoms with E-state index in [-0.39, 0.29) is 5.92 Å². The molecule has 1 aliphatic rings. The summed E-state index contributed by atoms with van der Waals surface area (Å²) in [6.07, 6.45) is 0.773. The smallest absolute Gasteiger partial charge is 0.0866 e. The van der Waals surface area contributed by atoms with Crippen LogP contribution in [0.3, 0.4) is 0 Å². The molecule has 0 bridgehead atoms. The molecule has 0 N–H and O–H groups in total. The predicted molar refractivity (Wildman–Crippen MR) is 35.0 cm³/mol. The Balaban J connectivity index is 2.51. The van der Waals surface area contributed by atoms with Gasteiger partial charge in [-0.25, -0.2) is 0 Å². The van der Waals surface area contributed by atoms with Crippen molar-refractivity contribution >= 4 is 5.97 Å². The summed E-state index contributed by atoms with van der Waals surface area (Å²) in [4.78, 5) is 10.4. The summed E-state index contributed by atoms with van der Waals surface area (Å²) >= 11 is 0. The van der Waals surface area contributed by atoms with E-state index < -0.39 is 5.97 Å². The van der Waals surface area contributed by atoms with Crippen LogP contribution in [0.4, 0.5) is 0 Å². The number of likely N-dealkylation sites (tertiary alicyclic amines) is 1. The van der Waals surface area contributed by atoms with Gasteiger partial charge in [-0.3, -0.25) is 0 Å². The highest BCUT2D eigenvalue weighted by Gasteiger charge is 2.31. The number of carbonyl (C=O) groups excluding carboxylic acids is 1. The van der Waals surface area contributed by atoms with Crippen LogP contribution in [-0.2, 0) is 4.79 Å². The summed E-state index contributed by atoms with van der Waals surface area (Å²) in [5, 5.41) is 10.4. The minimum absolute atomic E-state index is 0.213. The van der Waals surface area contributed by atoms with Crippen LogP contribution >= 0.6 is 0 Å². The molecule has 0 aromatic rings. The van der Waals surface area contributed by atoms with Crippen LogP contribution in [0.15, 0.2) is 0 Å². The zero-order chi connectivity index (χ0) is 7.78. The fourth-order valence-corrected chi connectivity index (χ4v) is 1.48. The standard InChI is InChI=1S/C7H13NO2/c1-8(2)4-3-6(5-8)7(9)10/h6H,3-5H2,1-2H3. The Bertz CT molecular complexity index is 154. The van der Waals surface area contributed by atoms with Crippen LogP contribution in [0.2, 0.25) is 0 Å². The Morgan fingerprint density at radius 1 is 1.60 bits per heavy atom. The maximum Gasteiger partial charge on any atom is 0.0866 e. The largest absolute Gasteiger partial charge is 0.550 e. The molecule has 0 amide bonds. The van der Waals surface area contributed by atoms with Crippen molar-refractivity contribution in [3.8, 4) is 0 Å². The first-order valence-corrected chi connectivity index (χ1v) is 3.54. The van der Waals surface area contributed by atoms with E-state index in [1.54, 1.807) is 0 Å². The number of carboxylic acids is 1. The van der Waals surface area contributed by atoms with Gasteiger partial charge in [0.2, 0.25) is 0 Å². The minimum Gasteiger partial charge on any atom is -0.550 e. The number of hydrogen-bond donors (Lipinski definition) is 0. The molecule has 1 aliphatic heterocycles. The Hall–Kier alpha value is -0.570. The lowest BCUT2D eigenvalue weighted by Gasteiger charge is -2.23. The molecule has 0 aliphatic carbocycles. The molecular formula is C7H13NO2. The average Bonchev–Trinajstić information content (AvgIpc) is 2.10. The number of hydrogen-bond acceptors (Lipinski definition) is 2. The van der Waals surface area contributed by atoms with E-state index in [4.69, 9.17) is 0 Å². The minimum atomic E-state index is -0.885. The number of carbonyl (C=O) groups is 1. The first-order valence-electron chi connectivity index (χ1n) is 3.54. The van der Waals surface area contributed by atoms with Crippen molar-refractivity contribution in [2.45, 2.75) is 6.42 Å². The normalized spacial score (nSPS) is 30.4. The number of carboxylic acid groups (broad SMARTS) is 1. The zero-order valence-corrected chi connectivity index (χ0v) is 6.46. The molecule has 1 rings (SSSR count). The van der Waals surface area contributed by atoms with Crippen molar-refractivity contribution in [1.82, 2.24) is 0 Å². The molecule has 58 valence electrons. The zero-order valence-electron chi connectivity index (χ0n) is 6.46. The number of rotatable bonds is 1. The van der Waals surface area contributed by atoms with E-state index in [9.17, 15) is 9.90 Å². The Labute approximate surface area is 60.8 Å². The molecule has 0 aromatic heterocycles. The molecule has 1 heterocycles. The Morgan fingerprint density at radius 3 is 2.40 bits per heavy atom. The van der Waals surface area contributed by atoms with Gasteiger partial charge in [-0.15, -0.1) is 0 Å². The molecule has 1 saturated heterocycles. The lowest BCUT2D eigenvalue weighted by Crippen LogP contribution is -2.40. The molecule has 10 heavy (non-hydrogen) atoms. The van der Waals surface area contributed by atoms with E-state index in [2.05, 4.69) is 0 Å². The molecule has 0 radical (unpaired) electrons. The lowest BCUT2D eigenvalue weighted by molar-refractivity contribution is -0.879. The summed E-state index contributed by atoms with van der Waals surface area (Å²) in [6, 6.07) is 0. The first-order chi connectivity index (χ1) is 4.51. The van der Waals surface area contributed by atoms with Crippen LogP contribution < -0.4 is 5.11 Å². The molecular weight excluding hydrogens is 130 g/mol. The van der Waals surface area contributed by atoms with Crippen molar-refractivity contribution < 1.29 is 14.4 Å².